The summed E-state index contributed by atoms with van der Waals surface area (Å²) in [6.07, 6.45) is 1.55. The molecule has 2 atom stereocenters. The lowest BCUT2D eigenvalue weighted by molar-refractivity contribution is -0.384. The molecule has 218 valence electrons. The van der Waals surface area contributed by atoms with E-state index in [-0.39, 0.29) is 29.8 Å². The van der Waals surface area contributed by atoms with Gasteiger partial charge in [-0.1, -0.05) is 72.8 Å². The van der Waals surface area contributed by atoms with Gasteiger partial charge in [0.05, 0.1) is 41.4 Å². The second-order valence-electron chi connectivity index (χ2n) is 11.1. The highest BCUT2D eigenvalue weighted by Gasteiger charge is 2.68. The first-order valence-corrected chi connectivity index (χ1v) is 14.1. The van der Waals surface area contributed by atoms with Crippen LogP contribution in [-0.4, -0.2) is 36.0 Å². The number of anilines is 1. The summed E-state index contributed by atoms with van der Waals surface area (Å²) >= 11 is 0. The van der Waals surface area contributed by atoms with Crippen LogP contribution in [0.3, 0.4) is 0 Å². The lowest BCUT2D eigenvalue weighted by Gasteiger charge is -2.52. The van der Waals surface area contributed by atoms with Gasteiger partial charge in [-0.3, -0.25) is 24.5 Å². The third-order valence-electron chi connectivity index (χ3n) is 8.98. The minimum atomic E-state index is -1.14. The molecule has 0 unspecified atom stereocenters. The molecule has 2 bridgehead atoms. The number of para-hydroxylation sites is 2. The lowest BCUT2D eigenvalue weighted by atomic mass is 9.47. The molecule has 10 heteroatoms. The Morgan fingerprint density at radius 1 is 0.932 bits per heavy atom. The number of carbonyl (C=O) groups is 3. The van der Waals surface area contributed by atoms with Crippen LogP contribution in [0.15, 0.2) is 102 Å². The Kier molecular flexibility index (Phi) is 6.35. The molecule has 8 rings (SSSR count). The van der Waals surface area contributed by atoms with E-state index in [2.05, 4.69) is 10.5 Å². The molecule has 1 aliphatic heterocycles. The Morgan fingerprint density at radius 2 is 1.55 bits per heavy atom. The molecule has 44 heavy (non-hydrogen) atoms. The molecule has 0 radical (unpaired) electrons. The van der Waals surface area contributed by atoms with Crippen molar-refractivity contribution in [1.29, 1.82) is 0 Å². The topological polar surface area (TPSA) is 131 Å². The summed E-state index contributed by atoms with van der Waals surface area (Å²) in [6, 6.07) is 28.2. The van der Waals surface area contributed by atoms with E-state index in [1.165, 1.54) is 36.3 Å². The fourth-order valence-corrected chi connectivity index (χ4v) is 7.27. The summed E-state index contributed by atoms with van der Waals surface area (Å²) in [7, 11) is 1.50. The van der Waals surface area contributed by atoms with Gasteiger partial charge < -0.3 is 4.74 Å². The minimum absolute atomic E-state index is 0.0529. The Hall–Kier alpha value is -5.64. The smallest absolute Gasteiger partial charge is 0.269 e. The number of non-ortho nitro benzene ring substituents is 1. The van der Waals surface area contributed by atoms with Gasteiger partial charge in [0.25, 0.3) is 5.69 Å². The number of nitrogens with one attached hydrogen (secondary N) is 1. The van der Waals surface area contributed by atoms with Crippen LogP contribution < -0.4 is 15.1 Å². The highest BCUT2D eigenvalue weighted by Crippen LogP contribution is 2.63. The van der Waals surface area contributed by atoms with Gasteiger partial charge in [0.15, 0.2) is 0 Å². The molecule has 0 aromatic heterocycles. The van der Waals surface area contributed by atoms with E-state index in [1.54, 1.807) is 30.5 Å². The second-order valence-corrected chi connectivity index (χ2v) is 11.1. The zero-order valence-corrected chi connectivity index (χ0v) is 23.5. The monoisotopic (exact) mass is 586 g/mol. The van der Waals surface area contributed by atoms with Crippen molar-refractivity contribution in [1.82, 2.24) is 5.43 Å². The van der Waals surface area contributed by atoms with E-state index >= 15 is 0 Å². The summed E-state index contributed by atoms with van der Waals surface area (Å²) in [4.78, 5) is 53.4. The number of hydrazone groups is 1. The van der Waals surface area contributed by atoms with Crippen LogP contribution in [-0.2, 0) is 26.2 Å². The fourth-order valence-electron chi connectivity index (χ4n) is 7.27. The summed E-state index contributed by atoms with van der Waals surface area (Å²) < 4.78 is 5.53. The molecule has 1 saturated heterocycles. The van der Waals surface area contributed by atoms with Crippen molar-refractivity contribution in [3.05, 3.63) is 135 Å². The van der Waals surface area contributed by atoms with Crippen molar-refractivity contribution in [2.24, 2.45) is 16.9 Å². The van der Waals surface area contributed by atoms with Crippen molar-refractivity contribution in [3.63, 3.8) is 0 Å². The van der Waals surface area contributed by atoms with E-state index < -0.39 is 28.1 Å². The van der Waals surface area contributed by atoms with Crippen LogP contribution in [0.1, 0.15) is 33.7 Å². The number of hydrogen-bond acceptors (Lipinski definition) is 7. The van der Waals surface area contributed by atoms with Crippen LogP contribution in [0.4, 0.5) is 11.4 Å². The van der Waals surface area contributed by atoms with Gasteiger partial charge in [-0.2, -0.15) is 5.10 Å². The highest BCUT2D eigenvalue weighted by atomic mass is 16.6. The predicted octanol–water partition coefficient (Wildman–Crippen LogP) is 4.50. The number of benzene rings is 4. The predicted molar refractivity (Wildman–Crippen MR) is 161 cm³/mol. The molecule has 1 N–H and O–H groups in total. The van der Waals surface area contributed by atoms with Crippen LogP contribution in [0.5, 0.6) is 5.75 Å². The number of nitro benzene ring substituents is 1. The maximum atomic E-state index is 14.5. The molecule has 0 spiro atoms. The Morgan fingerprint density at radius 3 is 2.18 bits per heavy atom. The van der Waals surface area contributed by atoms with Gasteiger partial charge in [-0.25, -0.2) is 10.3 Å². The Balaban J connectivity index is 1.31. The SMILES string of the molecule is COc1ccccc1N1C(=O)[C@@H]2C3c4ccccc4C(/C=N\NC(=O)Cc4ccc([N+](=O)[O-])cc4)(c4ccccc43)[C@H]2C1=O. The fraction of sp³-hybridized carbons (Fsp3) is 0.176. The standard InChI is InChI=1S/C34H26N4O6/c1-44-27-13-7-6-12-26(27)37-32(40)30-29-22-8-2-4-10-24(22)34(31(30)33(37)41,25-11-5-3-9-23(25)29)19-35-36-28(39)18-20-14-16-21(17-15-20)38(42)43/h2-17,19,29-31H,18H2,1H3,(H,36,39)/b35-19-/t29?,30-,31-,34?/m1/s1. The Bertz CT molecular complexity index is 1840. The largest absolute Gasteiger partial charge is 0.495 e. The number of ether oxygens (including phenoxy) is 1. The zero-order valence-electron chi connectivity index (χ0n) is 23.5. The average molecular weight is 587 g/mol. The number of methoxy groups -OCH3 is 1. The number of imide groups is 1. The van der Waals surface area contributed by atoms with Gasteiger partial charge in [-0.15, -0.1) is 0 Å². The van der Waals surface area contributed by atoms with E-state index in [4.69, 9.17) is 4.74 Å². The van der Waals surface area contributed by atoms with Crippen LogP contribution >= 0.6 is 0 Å². The van der Waals surface area contributed by atoms with Crippen LogP contribution in [0, 0.1) is 22.0 Å². The first-order valence-electron chi connectivity index (χ1n) is 14.1. The second kappa shape index (κ2) is 10.3. The van der Waals surface area contributed by atoms with E-state index in [1.807, 2.05) is 48.5 Å². The molecule has 4 aromatic rings. The molecule has 4 aromatic carbocycles. The van der Waals surface area contributed by atoms with E-state index in [0.29, 0.717) is 17.0 Å². The molecule has 3 aliphatic carbocycles. The molecule has 3 amide bonds. The first-order chi connectivity index (χ1) is 21.4. The highest BCUT2D eigenvalue weighted by molar-refractivity contribution is 6.25. The molecule has 10 nitrogen and oxygen atoms in total. The maximum Gasteiger partial charge on any atom is 0.269 e. The Labute approximate surface area is 252 Å². The van der Waals surface area contributed by atoms with E-state index in [9.17, 15) is 24.5 Å². The maximum absolute atomic E-state index is 14.5. The third kappa shape index (κ3) is 3.87. The van der Waals surface area contributed by atoms with E-state index in [0.717, 1.165) is 22.3 Å². The molecule has 1 fully saturated rings. The number of carbonyl (C=O) groups excluding carboxylic acids is 3. The summed E-state index contributed by atoms with van der Waals surface area (Å²) in [5, 5.41) is 15.4. The number of nitrogens with zero attached hydrogens (tertiary/aromatic N) is 3. The van der Waals surface area contributed by atoms with Gasteiger partial charge in [0, 0.05) is 24.3 Å². The summed E-state index contributed by atoms with van der Waals surface area (Å²) in [6.45, 7) is 0. The normalized spacial score (nSPS) is 22.8. The van der Waals surface area contributed by atoms with Gasteiger partial charge in [0.1, 0.15) is 5.75 Å². The quantitative estimate of drug-likeness (QED) is 0.147. The van der Waals surface area contributed by atoms with Crippen LogP contribution in [0.2, 0.25) is 0 Å². The molecular formula is C34H26N4O6. The van der Waals surface area contributed by atoms with Gasteiger partial charge in [0.2, 0.25) is 17.7 Å². The molecule has 1 heterocycles. The van der Waals surface area contributed by atoms with Gasteiger partial charge in [-0.05, 0) is 39.9 Å². The molecule has 0 saturated carbocycles. The lowest BCUT2D eigenvalue weighted by Crippen LogP contribution is -2.54. The van der Waals surface area contributed by atoms with Crippen molar-refractivity contribution < 1.29 is 24.0 Å². The van der Waals surface area contributed by atoms with Crippen molar-refractivity contribution >= 4 is 35.3 Å². The minimum Gasteiger partial charge on any atom is -0.495 e. The number of hydrogen-bond donors (Lipinski definition) is 1. The van der Waals surface area contributed by atoms with Crippen LogP contribution in [0.25, 0.3) is 0 Å². The van der Waals surface area contributed by atoms with Gasteiger partial charge >= 0.3 is 0 Å². The number of amides is 3. The molecular weight excluding hydrogens is 560 g/mol. The summed E-state index contributed by atoms with van der Waals surface area (Å²) in [5.41, 5.74) is 5.96. The average Bonchev–Trinajstić information content (AvgIpc) is 3.31. The first kappa shape index (κ1) is 27.2. The number of nitro groups is 1. The number of rotatable bonds is 7. The summed E-state index contributed by atoms with van der Waals surface area (Å²) in [5.74, 6) is -2.53. The molecule has 4 aliphatic rings. The van der Waals surface area contributed by atoms with Crippen molar-refractivity contribution in [2.45, 2.75) is 17.8 Å². The third-order valence-corrected chi connectivity index (χ3v) is 8.98. The zero-order chi connectivity index (χ0) is 30.6. The van der Waals surface area contributed by atoms with Crippen molar-refractivity contribution in [2.75, 3.05) is 12.0 Å². The van der Waals surface area contributed by atoms with Crippen molar-refractivity contribution in [3.8, 4) is 5.75 Å².